The van der Waals surface area contributed by atoms with E-state index in [2.05, 4.69) is 34.3 Å². The zero-order valence-electron chi connectivity index (χ0n) is 16.6. The Hall–Kier alpha value is -2.40. The first-order valence-electron chi connectivity index (χ1n) is 10.1. The van der Waals surface area contributed by atoms with Gasteiger partial charge in [0.25, 0.3) is 0 Å². The number of nitrogens with zero attached hydrogens (tertiary/aromatic N) is 2. The molecule has 0 unspecified atom stereocenters. The number of rotatable bonds is 8. The van der Waals surface area contributed by atoms with E-state index < -0.39 is 0 Å². The average molecular weight is 384 g/mol. The fourth-order valence-electron chi connectivity index (χ4n) is 3.69. The van der Waals surface area contributed by atoms with E-state index in [1.165, 1.54) is 17.8 Å². The maximum absolute atomic E-state index is 13.0. The number of halogens is 1. The number of para-hydroxylation sites is 1. The Morgan fingerprint density at radius 1 is 1.11 bits per heavy atom. The van der Waals surface area contributed by atoms with Gasteiger partial charge in [-0.05, 0) is 62.2 Å². The van der Waals surface area contributed by atoms with E-state index in [4.69, 9.17) is 0 Å². The number of amides is 1. The molecule has 1 aliphatic heterocycles. The molecule has 150 valence electrons. The molecule has 0 spiro atoms. The number of likely N-dealkylation sites (tertiary alicyclic amines) is 1. The van der Waals surface area contributed by atoms with E-state index in [1.54, 1.807) is 0 Å². The molecule has 5 heteroatoms. The second kappa shape index (κ2) is 10.2. The third-order valence-electron chi connectivity index (χ3n) is 5.44. The van der Waals surface area contributed by atoms with Crippen LogP contribution in [-0.2, 0) is 11.3 Å². The van der Waals surface area contributed by atoms with Gasteiger partial charge in [0.15, 0.2) is 0 Å². The lowest BCUT2D eigenvalue weighted by molar-refractivity contribution is -0.126. The molecule has 0 aromatic heterocycles. The molecule has 4 nitrogen and oxygen atoms in total. The lowest BCUT2D eigenvalue weighted by atomic mass is 9.95. The minimum Gasteiger partial charge on any atom is -0.375 e. The minimum atomic E-state index is -0.200. The van der Waals surface area contributed by atoms with Crippen LogP contribution in [0.25, 0.3) is 0 Å². The highest BCUT2D eigenvalue weighted by Crippen LogP contribution is 2.19. The zero-order chi connectivity index (χ0) is 19.8. The summed E-state index contributed by atoms with van der Waals surface area (Å²) < 4.78 is 13.0. The van der Waals surface area contributed by atoms with E-state index in [0.717, 1.165) is 51.0 Å². The molecule has 1 N–H and O–H groups in total. The van der Waals surface area contributed by atoms with Gasteiger partial charge in [0, 0.05) is 38.3 Å². The number of hydrogen-bond acceptors (Lipinski definition) is 3. The van der Waals surface area contributed by atoms with Crippen LogP contribution in [0.5, 0.6) is 0 Å². The van der Waals surface area contributed by atoms with Gasteiger partial charge in [-0.25, -0.2) is 4.39 Å². The quantitative estimate of drug-likeness (QED) is 0.707. The van der Waals surface area contributed by atoms with E-state index in [1.807, 2.05) is 30.3 Å². The molecule has 0 bridgehead atoms. The van der Waals surface area contributed by atoms with Crippen LogP contribution in [0.1, 0.15) is 24.8 Å². The molecule has 3 rings (SSSR count). The van der Waals surface area contributed by atoms with Gasteiger partial charge >= 0.3 is 0 Å². The number of benzene rings is 2. The van der Waals surface area contributed by atoms with Gasteiger partial charge in [-0.1, -0.05) is 30.3 Å². The third-order valence-corrected chi connectivity index (χ3v) is 5.44. The Labute approximate surface area is 167 Å². The molecule has 1 aliphatic rings. The minimum absolute atomic E-state index is 0.108. The highest BCUT2D eigenvalue weighted by Gasteiger charge is 2.24. The Kier molecular flexibility index (Phi) is 7.43. The Morgan fingerprint density at radius 2 is 1.79 bits per heavy atom. The van der Waals surface area contributed by atoms with Crippen molar-refractivity contribution in [2.24, 2.45) is 5.92 Å². The zero-order valence-corrected chi connectivity index (χ0v) is 16.6. The van der Waals surface area contributed by atoms with Gasteiger partial charge in [0.2, 0.25) is 5.91 Å². The van der Waals surface area contributed by atoms with E-state index >= 15 is 0 Å². The molecule has 1 saturated heterocycles. The topological polar surface area (TPSA) is 35.6 Å². The van der Waals surface area contributed by atoms with Crippen LogP contribution in [-0.4, -0.2) is 44.0 Å². The van der Waals surface area contributed by atoms with Crippen LogP contribution in [0.4, 0.5) is 10.1 Å². The van der Waals surface area contributed by atoms with Crippen LogP contribution in [0.3, 0.4) is 0 Å². The molecule has 0 atom stereocenters. The van der Waals surface area contributed by atoms with Crippen LogP contribution >= 0.6 is 0 Å². The second-order valence-corrected chi connectivity index (χ2v) is 7.58. The second-order valence-electron chi connectivity index (χ2n) is 7.58. The fraction of sp³-hybridized carbons (Fsp3) is 0.435. The van der Waals surface area contributed by atoms with Crippen molar-refractivity contribution in [2.45, 2.75) is 25.8 Å². The van der Waals surface area contributed by atoms with Gasteiger partial charge in [-0.15, -0.1) is 0 Å². The van der Waals surface area contributed by atoms with Gasteiger partial charge < -0.3 is 10.2 Å². The van der Waals surface area contributed by atoms with Crippen molar-refractivity contribution in [3.05, 3.63) is 66.0 Å². The summed E-state index contributed by atoms with van der Waals surface area (Å²) >= 11 is 0. The van der Waals surface area contributed by atoms with E-state index in [-0.39, 0.29) is 17.6 Å². The lowest BCUT2D eigenvalue weighted by Gasteiger charge is -2.31. The predicted molar refractivity (Wildman–Crippen MR) is 112 cm³/mol. The number of anilines is 1. The third kappa shape index (κ3) is 6.06. The van der Waals surface area contributed by atoms with Crippen LogP contribution in [0.15, 0.2) is 54.6 Å². The predicted octanol–water partition coefficient (Wildman–Crippen LogP) is 3.68. The molecular formula is C23H30FN3O. The molecule has 1 fully saturated rings. The SMILES string of the molecule is CN(CCCNC(=O)C1CCN(Cc2ccc(F)cc2)CC1)c1ccccc1. The van der Waals surface area contributed by atoms with Gasteiger partial charge in [0.05, 0.1) is 0 Å². The molecule has 1 heterocycles. The van der Waals surface area contributed by atoms with Crippen LogP contribution in [0, 0.1) is 11.7 Å². The Morgan fingerprint density at radius 3 is 2.46 bits per heavy atom. The Bertz CT molecular complexity index is 727. The van der Waals surface area contributed by atoms with Gasteiger partial charge in [0.1, 0.15) is 5.82 Å². The summed E-state index contributed by atoms with van der Waals surface area (Å²) in [6.07, 6.45) is 2.70. The lowest BCUT2D eigenvalue weighted by Crippen LogP contribution is -2.40. The smallest absolute Gasteiger partial charge is 0.223 e. The maximum atomic E-state index is 13.0. The number of carbonyl (C=O) groups is 1. The molecular weight excluding hydrogens is 353 g/mol. The summed E-state index contributed by atoms with van der Waals surface area (Å²) in [7, 11) is 2.08. The monoisotopic (exact) mass is 383 g/mol. The molecule has 2 aromatic carbocycles. The van der Waals surface area contributed by atoms with Crippen LogP contribution < -0.4 is 10.2 Å². The molecule has 0 saturated carbocycles. The highest BCUT2D eigenvalue weighted by atomic mass is 19.1. The van der Waals surface area contributed by atoms with Crippen molar-refractivity contribution >= 4 is 11.6 Å². The molecule has 2 aromatic rings. The summed E-state index contributed by atoms with van der Waals surface area (Å²) in [6.45, 7) is 4.27. The normalized spacial score (nSPS) is 15.4. The number of hydrogen-bond donors (Lipinski definition) is 1. The first-order valence-corrected chi connectivity index (χ1v) is 10.1. The summed E-state index contributed by atoms with van der Waals surface area (Å²) in [6, 6.07) is 17.0. The van der Waals surface area contributed by atoms with Gasteiger partial charge in [-0.3, -0.25) is 9.69 Å². The van der Waals surface area contributed by atoms with Crippen molar-refractivity contribution in [3.8, 4) is 0 Å². The molecule has 1 amide bonds. The van der Waals surface area contributed by atoms with Crippen molar-refractivity contribution in [3.63, 3.8) is 0 Å². The molecule has 28 heavy (non-hydrogen) atoms. The number of piperidine rings is 1. The number of carbonyl (C=O) groups excluding carboxylic acids is 1. The average Bonchev–Trinajstić information content (AvgIpc) is 2.73. The Balaban J connectivity index is 1.32. The van der Waals surface area contributed by atoms with E-state index in [0.29, 0.717) is 6.54 Å². The van der Waals surface area contributed by atoms with Crippen molar-refractivity contribution in [1.29, 1.82) is 0 Å². The number of nitrogens with one attached hydrogen (secondary N) is 1. The standard InChI is InChI=1S/C23H30FN3O/c1-26(22-6-3-2-4-7-22)15-5-14-25-23(28)20-12-16-27(17-13-20)18-19-8-10-21(24)11-9-19/h2-4,6-11,20H,5,12-18H2,1H3,(H,25,28). The first-order chi connectivity index (χ1) is 13.6. The largest absolute Gasteiger partial charge is 0.375 e. The van der Waals surface area contributed by atoms with Crippen molar-refractivity contribution in [1.82, 2.24) is 10.2 Å². The van der Waals surface area contributed by atoms with Crippen molar-refractivity contribution < 1.29 is 9.18 Å². The van der Waals surface area contributed by atoms with E-state index in [9.17, 15) is 9.18 Å². The summed E-state index contributed by atoms with van der Waals surface area (Å²) in [4.78, 5) is 17.0. The summed E-state index contributed by atoms with van der Waals surface area (Å²) in [5.74, 6) is 0.0919. The molecule has 0 aliphatic carbocycles. The summed E-state index contributed by atoms with van der Waals surface area (Å²) in [5, 5.41) is 3.10. The van der Waals surface area contributed by atoms with Crippen molar-refractivity contribution in [2.75, 3.05) is 38.1 Å². The maximum Gasteiger partial charge on any atom is 0.223 e. The molecule has 0 radical (unpaired) electrons. The first kappa shape index (κ1) is 20.3. The summed E-state index contributed by atoms with van der Waals surface area (Å²) in [5.41, 5.74) is 2.31. The highest BCUT2D eigenvalue weighted by molar-refractivity contribution is 5.78. The van der Waals surface area contributed by atoms with Gasteiger partial charge in [-0.2, -0.15) is 0 Å². The fourth-order valence-corrected chi connectivity index (χ4v) is 3.69. The van der Waals surface area contributed by atoms with Crippen LogP contribution in [0.2, 0.25) is 0 Å².